The molecule has 7 heteroatoms. The molecular weight excluding hydrogens is 320 g/mol. The van der Waals surface area contributed by atoms with Crippen molar-refractivity contribution in [1.29, 1.82) is 0 Å². The van der Waals surface area contributed by atoms with Crippen molar-refractivity contribution in [3.63, 3.8) is 0 Å². The van der Waals surface area contributed by atoms with E-state index in [1.54, 1.807) is 6.07 Å². The number of benzene rings is 2. The van der Waals surface area contributed by atoms with E-state index in [1.165, 1.54) is 24.4 Å². The van der Waals surface area contributed by atoms with Crippen LogP contribution in [0.5, 0.6) is 0 Å². The van der Waals surface area contributed by atoms with Crippen molar-refractivity contribution in [2.45, 2.75) is 13.8 Å². The van der Waals surface area contributed by atoms with Gasteiger partial charge in [0, 0.05) is 24.8 Å². The average Bonchev–Trinajstić information content (AvgIpc) is 2.64. The fraction of sp³-hybridized carbons (Fsp3) is 0.222. The number of carbonyl (C=O) groups is 1. The molecule has 130 valence electrons. The van der Waals surface area contributed by atoms with Crippen molar-refractivity contribution < 1.29 is 9.72 Å². The van der Waals surface area contributed by atoms with Gasteiger partial charge in [0.15, 0.2) is 0 Å². The number of hydrazone groups is 1. The second-order valence-electron chi connectivity index (χ2n) is 5.24. The smallest absolute Gasteiger partial charge is 0.282 e. The van der Waals surface area contributed by atoms with Crippen LogP contribution in [0.4, 0.5) is 11.4 Å². The van der Waals surface area contributed by atoms with Crippen molar-refractivity contribution >= 4 is 23.5 Å². The molecule has 0 bridgehead atoms. The van der Waals surface area contributed by atoms with Crippen molar-refractivity contribution in [3.05, 3.63) is 69.8 Å². The number of nitrogens with one attached hydrogen (secondary N) is 1. The third kappa shape index (κ3) is 4.63. The van der Waals surface area contributed by atoms with Gasteiger partial charge in [-0.3, -0.25) is 14.9 Å². The first-order chi connectivity index (χ1) is 12.1. The first kappa shape index (κ1) is 18.1. The van der Waals surface area contributed by atoms with Crippen LogP contribution >= 0.6 is 0 Å². The SMILES string of the molecule is CCN(CC)c1ccc(/C=N/NC(=O)c2ccccc2[N+](=O)[O-])cc1. The molecule has 0 aromatic heterocycles. The van der Waals surface area contributed by atoms with E-state index in [4.69, 9.17) is 0 Å². The molecule has 0 saturated heterocycles. The maximum absolute atomic E-state index is 12.0. The molecule has 0 unspecified atom stereocenters. The lowest BCUT2D eigenvalue weighted by atomic mass is 10.2. The van der Waals surface area contributed by atoms with Gasteiger partial charge in [0.2, 0.25) is 0 Å². The molecule has 0 heterocycles. The van der Waals surface area contributed by atoms with Gasteiger partial charge in [0.05, 0.1) is 11.1 Å². The molecular formula is C18H20N4O3. The van der Waals surface area contributed by atoms with Crippen LogP contribution in [0.3, 0.4) is 0 Å². The number of nitrogens with zero attached hydrogens (tertiary/aromatic N) is 3. The molecule has 2 aromatic rings. The number of hydrogen-bond donors (Lipinski definition) is 1. The van der Waals surface area contributed by atoms with Crippen LogP contribution in [-0.4, -0.2) is 30.1 Å². The largest absolute Gasteiger partial charge is 0.372 e. The number of carbonyl (C=O) groups excluding carboxylic acids is 1. The zero-order chi connectivity index (χ0) is 18.2. The number of nitro benzene ring substituents is 1. The summed E-state index contributed by atoms with van der Waals surface area (Å²) in [5.41, 5.74) is 3.98. The van der Waals surface area contributed by atoms with E-state index in [0.29, 0.717) is 0 Å². The Morgan fingerprint density at radius 1 is 1.16 bits per heavy atom. The van der Waals surface area contributed by atoms with Crippen LogP contribution in [0.25, 0.3) is 0 Å². The van der Waals surface area contributed by atoms with E-state index in [1.807, 2.05) is 24.3 Å². The van der Waals surface area contributed by atoms with Crippen LogP contribution in [0.2, 0.25) is 0 Å². The van der Waals surface area contributed by atoms with Crippen LogP contribution in [-0.2, 0) is 0 Å². The Morgan fingerprint density at radius 2 is 1.80 bits per heavy atom. The van der Waals surface area contributed by atoms with E-state index < -0.39 is 10.8 Å². The zero-order valence-corrected chi connectivity index (χ0v) is 14.2. The summed E-state index contributed by atoms with van der Waals surface area (Å²) in [6.07, 6.45) is 1.50. The number of rotatable bonds is 7. The number of para-hydroxylation sites is 1. The molecule has 2 aromatic carbocycles. The third-order valence-corrected chi connectivity index (χ3v) is 3.75. The normalized spacial score (nSPS) is 10.6. The van der Waals surface area contributed by atoms with Gasteiger partial charge in [-0.15, -0.1) is 0 Å². The summed E-state index contributed by atoms with van der Waals surface area (Å²) < 4.78 is 0. The van der Waals surface area contributed by atoms with Gasteiger partial charge in [-0.25, -0.2) is 5.43 Å². The molecule has 0 aliphatic carbocycles. The monoisotopic (exact) mass is 340 g/mol. The molecule has 0 saturated carbocycles. The summed E-state index contributed by atoms with van der Waals surface area (Å²) in [7, 11) is 0. The topological polar surface area (TPSA) is 87.8 Å². The van der Waals surface area contributed by atoms with E-state index in [-0.39, 0.29) is 11.3 Å². The van der Waals surface area contributed by atoms with Gasteiger partial charge < -0.3 is 4.90 Å². The Balaban J connectivity index is 2.04. The second-order valence-corrected chi connectivity index (χ2v) is 5.24. The van der Waals surface area contributed by atoms with Gasteiger partial charge in [-0.1, -0.05) is 24.3 Å². The quantitative estimate of drug-likeness (QED) is 0.476. The highest BCUT2D eigenvalue weighted by atomic mass is 16.6. The van der Waals surface area contributed by atoms with Crippen molar-refractivity contribution in [2.24, 2.45) is 5.10 Å². The molecule has 7 nitrogen and oxygen atoms in total. The number of amides is 1. The van der Waals surface area contributed by atoms with Gasteiger partial charge in [-0.05, 0) is 37.6 Å². The molecule has 0 aliphatic heterocycles. The minimum atomic E-state index is -0.622. The highest BCUT2D eigenvalue weighted by Crippen LogP contribution is 2.17. The lowest BCUT2D eigenvalue weighted by Gasteiger charge is -2.20. The van der Waals surface area contributed by atoms with Gasteiger partial charge in [0.1, 0.15) is 5.56 Å². The molecule has 0 radical (unpaired) electrons. The lowest BCUT2D eigenvalue weighted by Crippen LogP contribution is -2.21. The maximum atomic E-state index is 12.0. The van der Waals surface area contributed by atoms with E-state index in [9.17, 15) is 14.9 Å². The summed E-state index contributed by atoms with van der Waals surface area (Å²) >= 11 is 0. The summed E-state index contributed by atoms with van der Waals surface area (Å²) in [5.74, 6) is -0.622. The summed E-state index contributed by atoms with van der Waals surface area (Å²) in [5, 5.41) is 14.8. The first-order valence-electron chi connectivity index (χ1n) is 7.98. The Bertz CT molecular complexity index is 768. The fourth-order valence-corrected chi connectivity index (χ4v) is 2.41. The lowest BCUT2D eigenvalue weighted by molar-refractivity contribution is -0.385. The second kappa shape index (κ2) is 8.58. The Labute approximate surface area is 146 Å². The van der Waals surface area contributed by atoms with Gasteiger partial charge in [-0.2, -0.15) is 5.10 Å². The number of anilines is 1. The van der Waals surface area contributed by atoms with Crippen LogP contribution in [0.1, 0.15) is 29.8 Å². The van der Waals surface area contributed by atoms with E-state index in [2.05, 4.69) is 29.3 Å². The van der Waals surface area contributed by atoms with Crippen molar-refractivity contribution in [3.8, 4) is 0 Å². The highest BCUT2D eigenvalue weighted by molar-refractivity contribution is 5.98. The summed E-state index contributed by atoms with van der Waals surface area (Å²) in [6, 6.07) is 13.5. The maximum Gasteiger partial charge on any atom is 0.282 e. The zero-order valence-electron chi connectivity index (χ0n) is 14.2. The van der Waals surface area contributed by atoms with Crippen LogP contribution in [0.15, 0.2) is 53.6 Å². The Morgan fingerprint density at radius 3 is 2.40 bits per heavy atom. The van der Waals surface area contributed by atoms with Crippen molar-refractivity contribution in [2.75, 3.05) is 18.0 Å². The van der Waals surface area contributed by atoms with Crippen LogP contribution < -0.4 is 10.3 Å². The molecule has 0 atom stereocenters. The standard InChI is InChI=1S/C18H20N4O3/c1-3-21(4-2)15-11-9-14(10-12-15)13-19-20-18(23)16-7-5-6-8-17(16)22(24)25/h5-13H,3-4H2,1-2H3,(H,20,23)/b19-13+. The minimum Gasteiger partial charge on any atom is -0.372 e. The minimum absolute atomic E-state index is 0.0264. The predicted octanol–water partition coefficient (Wildman–Crippen LogP) is 3.20. The molecule has 2 rings (SSSR count). The van der Waals surface area contributed by atoms with Crippen molar-refractivity contribution in [1.82, 2.24) is 5.43 Å². The van der Waals surface area contributed by atoms with E-state index in [0.717, 1.165) is 24.3 Å². The first-order valence-corrected chi connectivity index (χ1v) is 7.98. The van der Waals surface area contributed by atoms with Gasteiger partial charge >= 0.3 is 0 Å². The highest BCUT2D eigenvalue weighted by Gasteiger charge is 2.18. The molecule has 0 aliphatic rings. The summed E-state index contributed by atoms with van der Waals surface area (Å²) in [6.45, 7) is 6.04. The van der Waals surface area contributed by atoms with Gasteiger partial charge in [0.25, 0.3) is 11.6 Å². The molecule has 0 spiro atoms. The summed E-state index contributed by atoms with van der Waals surface area (Å²) in [4.78, 5) is 24.6. The molecule has 25 heavy (non-hydrogen) atoms. The average molecular weight is 340 g/mol. The number of nitro groups is 1. The van der Waals surface area contributed by atoms with Crippen LogP contribution in [0, 0.1) is 10.1 Å². The predicted molar refractivity (Wildman–Crippen MR) is 98.2 cm³/mol. The van der Waals surface area contributed by atoms with E-state index >= 15 is 0 Å². The number of hydrogen-bond acceptors (Lipinski definition) is 5. The molecule has 1 amide bonds. The fourth-order valence-electron chi connectivity index (χ4n) is 2.41. The third-order valence-electron chi connectivity index (χ3n) is 3.75. The Hall–Kier alpha value is -3.22. The molecule has 0 fully saturated rings. The molecule has 1 N–H and O–H groups in total. The Kier molecular flexibility index (Phi) is 6.22.